The summed E-state index contributed by atoms with van der Waals surface area (Å²) in [5, 5.41) is 43.1. The first-order valence-corrected chi connectivity index (χ1v) is 9.90. The van der Waals surface area contributed by atoms with Crippen molar-refractivity contribution in [3.63, 3.8) is 0 Å². The number of ether oxygens (including phenoxy) is 3. The summed E-state index contributed by atoms with van der Waals surface area (Å²) in [6.45, 7) is -0.158. The molecule has 9 unspecified atom stereocenters. The van der Waals surface area contributed by atoms with Crippen molar-refractivity contribution in [2.75, 3.05) is 40.6 Å². The van der Waals surface area contributed by atoms with Crippen LogP contribution >= 0.6 is 0 Å². The summed E-state index contributed by atoms with van der Waals surface area (Å²) in [5.74, 6) is -0.195. The molecule has 0 bridgehead atoms. The Kier molecular flexibility index (Phi) is 11.3. The van der Waals surface area contributed by atoms with E-state index in [1.54, 1.807) is 0 Å². The molecular weight excluding hydrogens is 422 g/mol. The summed E-state index contributed by atoms with van der Waals surface area (Å²) in [7, 11) is 2.75. The Hall–Kier alpha value is -1.13. The van der Waals surface area contributed by atoms with E-state index in [1.807, 2.05) is 0 Å². The Bertz CT molecular complexity index is 565. The molecule has 2 fully saturated rings. The minimum Gasteiger partial charge on any atom is -0.394 e. The van der Waals surface area contributed by atoms with E-state index in [-0.39, 0.29) is 32.1 Å². The van der Waals surface area contributed by atoms with Crippen molar-refractivity contribution in [2.45, 2.75) is 61.9 Å². The molecule has 4 N–H and O–H groups in total. The molecule has 0 radical (unpaired) electrons. The second kappa shape index (κ2) is 13.4. The predicted octanol–water partition coefficient (Wildman–Crippen LogP) is -1.20. The van der Waals surface area contributed by atoms with E-state index >= 15 is 0 Å². The van der Waals surface area contributed by atoms with Gasteiger partial charge in [-0.1, -0.05) is 5.11 Å². The van der Waals surface area contributed by atoms with Gasteiger partial charge in [0.05, 0.1) is 46.2 Å². The van der Waals surface area contributed by atoms with Gasteiger partial charge in [0, 0.05) is 23.8 Å². The van der Waals surface area contributed by atoms with Crippen LogP contribution in [0.5, 0.6) is 0 Å². The van der Waals surface area contributed by atoms with Crippen LogP contribution in [0.25, 0.3) is 10.4 Å². The molecule has 0 aromatic carbocycles. The highest BCUT2D eigenvalue weighted by Crippen LogP contribution is 2.34. The lowest BCUT2D eigenvalue weighted by Crippen LogP contribution is -2.61. The zero-order valence-corrected chi connectivity index (χ0v) is 17.4. The standard InChI is InChI=1S/C17H31N3O11/c1-25-28-8-9-5-11(27-4-3-19-20-18)12(6-10(9)31-26-2)29-17-16(24)15(23)14(22)13(7-21)30-17/h9-17,21-24H,3-8H2,1-2H3. The highest BCUT2D eigenvalue weighted by molar-refractivity contribution is 4.92. The second-order valence-electron chi connectivity index (χ2n) is 7.22. The number of aliphatic hydroxyl groups is 4. The SMILES string of the molecule is COOCC1CC(OCCN=[N+]=[N-])C(OC2OC(CO)C(O)C(O)C2O)CC1OOC. The van der Waals surface area contributed by atoms with Crippen LogP contribution in [0.1, 0.15) is 12.8 Å². The summed E-state index contributed by atoms with van der Waals surface area (Å²) < 4.78 is 17.2. The van der Waals surface area contributed by atoms with Crippen LogP contribution in [0.15, 0.2) is 5.11 Å². The molecule has 2 aliphatic rings. The molecule has 9 atom stereocenters. The third kappa shape index (κ3) is 7.18. The van der Waals surface area contributed by atoms with Crippen molar-refractivity contribution < 1.29 is 54.2 Å². The molecule has 31 heavy (non-hydrogen) atoms. The number of azide groups is 1. The van der Waals surface area contributed by atoms with Gasteiger partial charge < -0.3 is 34.6 Å². The lowest BCUT2D eigenvalue weighted by molar-refractivity contribution is -0.359. The Morgan fingerprint density at radius 2 is 1.81 bits per heavy atom. The summed E-state index contributed by atoms with van der Waals surface area (Å²) in [6, 6.07) is 0. The van der Waals surface area contributed by atoms with Gasteiger partial charge in [0.25, 0.3) is 0 Å². The van der Waals surface area contributed by atoms with E-state index in [9.17, 15) is 20.4 Å². The van der Waals surface area contributed by atoms with Crippen LogP contribution < -0.4 is 0 Å². The lowest BCUT2D eigenvalue weighted by atomic mass is 9.83. The largest absolute Gasteiger partial charge is 0.394 e. The van der Waals surface area contributed by atoms with Gasteiger partial charge in [-0.3, -0.25) is 0 Å². The molecule has 14 heteroatoms. The molecule has 1 aliphatic carbocycles. The molecule has 14 nitrogen and oxygen atoms in total. The molecule has 1 saturated carbocycles. The van der Waals surface area contributed by atoms with Gasteiger partial charge in [-0.05, 0) is 12.0 Å². The van der Waals surface area contributed by atoms with Gasteiger partial charge in [0.2, 0.25) is 0 Å². The van der Waals surface area contributed by atoms with Crippen LogP contribution in [0.2, 0.25) is 0 Å². The normalized spacial score (nSPS) is 38.6. The number of nitrogens with zero attached hydrogens (tertiary/aromatic N) is 3. The van der Waals surface area contributed by atoms with Gasteiger partial charge in [0.1, 0.15) is 30.5 Å². The Morgan fingerprint density at radius 1 is 1.03 bits per heavy atom. The number of hydrogen-bond donors (Lipinski definition) is 4. The molecule has 180 valence electrons. The topological polar surface area (TPSA) is 194 Å². The van der Waals surface area contributed by atoms with Crippen LogP contribution in [-0.4, -0.2) is 110 Å². The summed E-state index contributed by atoms with van der Waals surface area (Å²) in [5.41, 5.74) is 8.44. The first-order chi connectivity index (χ1) is 15.0. The van der Waals surface area contributed by atoms with E-state index in [1.165, 1.54) is 14.2 Å². The van der Waals surface area contributed by atoms with Gasteiger partial charge in [0.15, 0.2) is 6.29 Å². The highest BCUT2D eigenvalue weighted by atomic mass is 17.2. The molecule has 0 amide bonds. The maximum Gasteiger partial charge on any atom is 0.187 e. The maximum atomic E-state index is 10.3. The minimum atomic E-state index is -1.57. The van der Waals surface area contributed by atoms with E-state index < -0.39 is 55.6 Å². The zero-order chi connectivity index (χ0) is 22.8. The van der Waals surface area contributed by atoms with Crippen molar-refractivity contribution in [3.8, 4) is 0 Å². The van der Waals surface area contributed by atoms with E-state index in [0.717, 1.165) is 0 Å². The fourth-order valence-electron chi connectivity index (χ4n) is 3.71. The average Bonchev–Trinajstić information content (AvgIpc) is 2.77. The third-order valence-corrected chi connectivity index (χ3v) is 5.30. The molecule has 0 spiro atoms. The Morgan fingerprint density at radius 3 is 2.45 bits per heavy atom. The maximum absolute atomic E-state index is 10.3. The van der Waals surface area contributed by atoms with Crippen molar-refractivity contribution in [1.29, 1.82) is 0 Å². The smallest absolute Gasteiger partial charge is 0.187 e. The van der Waals surface area contributed by atoms with E-state index in [0.29, 0.717) is 6.42 Å². The predicted molar refractivity (Wildman–Crippen MR) is 100.0 cm³/mol. The summed E-state index contributed by atoms with van der Waals surface area (Å²) in [6.07, 6.45) is -8.15. The molecular formula is C17H31N3O11. The first-order valence-electron chi connectivity index (χ1n) is 9.90. The summed E-state index contributed by atoms with van der Waals surface area (Å²) in [4.78, 5) is 22.6. The van der Waals surface area contributed by atoms with Gasteiger partial charge >= 0.3 is 0 Å². The first kappa shape index (κ1) is 26.1. The Balaban J connectivity index is 2.13. The van der Waals surface area contributed by atoms with Crippen LogP contribution in [-0.2, 0) is 33.8 Å². The highest BCUT2D eigenvalue weighted by Gasteiger charge is 2.47. The number of hydrogen-bond acceptors (Lipinski definition) is 12. The van der Waals surface area contributed by atoms with Gasteiger partial charge in [-0.2, -0.15) is 0 Å². The van der Waals surface area contributed by atoms with Crippen LogP contribution in [0, 0.1) is 5.92 Å². The molecule has 0 aromatic heterocycles. The van der Waals surface area contributed by atoms with Crippen molar-refractivity contribution in [3.05, 3.63) is 10.4 Å². The summed E-state index contributed by atoms with van der Waals surface area (Å²) >= 11 is 0. The second-order valence-corrected chi connectivity index (χ2v) is 7.22. The Labute approximate surface area is 179 Å². The fraction of sp³-hybridized carbons (Fsp3) is 1.00. The van der Waals surface area contributed by atoms with Gasteiger partial charge in [-0.25, -0.2) is 19.6 Å². The third-order valence-electron chi connectivity index (χ3n) is 5.30. The molecule has 1 heterocycles. The molecule has 0 aromatic rings. The zero-order valence-electron chi connectivity index (χ0n) is 17.4. The lowest BCUT2D eigenvalue weighted by Gasteiger charge is -2.44. The van der Waals surface area contributed by atoms with Crippen LogP contribution in [0.4, 0.5) is 0 Å². The van der Waals surface area contributed by atoms with Crippen molar-refractivity contribution >= 4 is 0 Å². The van der Waals surface area contributed by atoms with E-state index in [2.05, 4.69) is 14.9 Å². The van der Waals surface area contributed by atoms with Gasteiger partial charge in [-0.15, -0.1) is 0 Å². The number of aliphatic hydroxyl groups excluding tert-OH is 4. The van der Waals surface area contributed by atoms with Crippen LogP contribution in [0.3, 0.4) is 0 Å². The van der Waals surface area contributed by atoms with E-state index in [4.69, 9.17) is 34.4 Å². The minimum absolute atomic E-state index is 0.108. The molecule has 1 saturated heterocycles. The quantitative estimate of drug-likeness (QED) is 0.0692. The van der Waals surface area contributed by atoms with Crippen molar-refractivity contribution in [1.82, 2.24) is 0 Å². The monoisotopic (exact) mass is 453 g/mol. The average molecular weight is 453 g/mol. The number of rotatable bonds is 12. The van der Waals surface area contributed by atoms with Crippen molar-refractivity contribution in [2.24, 2.45) is 11.0 Å². The molecule has 1 aliphatic heterocycles. The fourth-order valence-corrected chi connectivity index (χ4v) is 3.71. The molecule has 2 rings (SSSR count).